The van der Waals surface area contributed by atoms with Crippen molar-refractivity contribution in [2.24, 2.45) is 5.92 Å². The van der Waals surface area contributed by atoms with Crippen molar-refractivity contribution in [2.75, 3.05) is 13.2 Å². The van der Waals surface area contributed by atoms with Gasteiger partial charge in [0.25, 0.3) is 0 Å². The lowest BCUT2D eigenvalue weighted by Gasteiger charge is -2.19. The highest BCUT2D eigenvalue weighted by Gasteiger charge is 2.22. The molecular formula is C30H30O5S. The van der Waals surface area contributed by atoms with Crippen LogP contribution in [0.25, 0.3) is 20.5 Å². The lowest BCUT2D eigenvalue weighted by molar-refractivity contribution is -0.150. The van der Waals surface area contributed by atoms with Gasteiger partial charge in [-0.3, -0.25) is 4.79 Å². The average molecular weight is 503 g/mol. The minimum atomic E-state index is -0.0885. The van der Waals surface area contributed by atoms with E-state index in [0.29, 0.717) is 6.61 Å². The van der Waals surface area contributed by atoms with Gasteiger partial charge in [-0.1, -0.05) is 31.4 Å². The van der Waals surface area contributed by atoms with Gasteiger partial charge in [0.1, 0.15) is 30.5 Å². The summed E-state index contributed by atoms with van der Waals surface area (Å²) >= 11 is 1.64. The van der Waals surface area contributed by atoms with E-state index in [0.717, 1.165) is 63.9 Å². The average Bonchev–Trinajstić information content (AvgIpc) is 3.25. The predicted molar refractivity (Wildman–Crippen MR) is 143 cm³/mol. The molecular weight excluding hydrogens is 472 g/mol. The Balaban J connectivity index is 1.24. The molecule has 1 fully saturated rings. The minimum Gasteiger partial charge on any atom is -0.508 e. The van der Waals surface area contributed by atoms with Crippen LogP contribution in [-0.2, 0) is 16.0 Å². The van der Waals surface area contributed by atoms with E-state index >= 15 is 0 Å². The molecule has 0 spiro atoms. The number of aromatic hydroxyl groups is 2. The third-order valence-corrected chi connectivity index (χ3v) is 7.99. The number of hydrogen-bond acceptors (Lipinski definition) is 6. The Kier molecular flexibility index (Phi) is 7.42. The molecule has 0 amide bonds. The summed E-state index contributed by atoms with van der Waals surface area (Å²) in [4.78, 5) is 13.3. The summed E-state index contributed by atoms with van der Waals surface area (Å²) in [5.74, 6) is 1.19. The molecule has 1 aromatic heterocycles. The molecule has 36 heavy (non-hydrogen) atoms. The highest BCUT2D eigenvalue weighted by atomic mass is 32.1. The summed E-state index contributed by atoms with van der Waals surface area (Å²) in [6, 6.07) is 20.7. The van der Waals surface area contributed by atoms with Crippen LogP contribution in [0.2, 0.25) is 0 Å². The Morgan fingerprint density at radius 1 is 0.861 bits per heavy atom. The zero-order valence-corrected chi connectivity index (χ0v) is 20.9. The SMILES string of the molecule is O=C(OCCOc1ccc(Cc2c(-c3ccc(O)cc3)sc3cc(O)ccc23)cc1)C1CCCCC1. The number of fused-ring (bicyclic) bond motifs is 1. The molecule has 2 N–H and O–H groups in total. The lowest BCUT2D eigenvalue weighted by Crippen LogP contribution is -2.22. The Bertz CT molecular complexity index is 1320. The molecule has 0 saturated heterocycles. The van der Waals surface area contributed by atoms with Crippen LogP contribution in [0.15, 0.2) is 66.7 Å². The van der Waals surface area contributed by atoms with Crippen LogP contribution in [0, 0.1) is 5.92 Å². The van der Waals surface area contributed by atoms with E-state index in [9.17, 15) is 15.0 Å². The van der Waals surface area contributed by atoms with Crippen molar-refractivity contribution in [3.8, 4) is 27.7 Å². The number of rotatable bonds is 8. The van der Waals surface area contributed by atoms with E-state index in [1.54, 1.807) is 35.6 Å². The molecule has 6 heteroatoms. The molecule has 0 bridgehead atoms. The van der Waals surface area contributed by atoms with Crippen molar-refractivity contribution < 1.29 is 24.5 Å². The molecule has 1 aliphatic rings. The monoisotopic (exact) mass is 502 g/mol. The van der Waals surface area contributed by atoms with Gasteiger partial charge in [0.2, 0.25) is 0 Å². The third kappa shape index (κ3) is 5.65. The van der Waals surface area contributed by atoms with Crippen molar-refractivity contribution in [1.82, 2.24) is 0 Å². The van der Waals surface area contributed by atoms with Crippen LogP contribution in [0.1, 0.15) is 43.2 Å². The van der Waals surface area contributed by atoms with Crippen molar-refractivity contribution in [3.63, 3.8) is 0 Å². The predicted octanol–water partition coefficient (Wildman–Crippen LogP) is 7.07. The van der Waals surface area contributed by atoms with Crippen molar-refractivity contribution >= 4 is 27.4 Å². The molecule has 1 heterocycles. The number of carbonyl (C=O) groups excluding carboxylic acids is 1. The Morgan fingerprint density at radius 2 is 1.58 bits per heavy atom. The second-order valence-corrected chi connectivity index (χ2v) is 10.4. The Labute approximate surface area is 214 Å². The van der Waals surface area contributed by atoms with Crippen LogP contribution in [0.5, 0.6) is 17.2 Å². The van der Waals surface area contributed by atoms with Crippen molar-refractivity contribution in [1.29, 1.82) is 0 Å². The van der Waals surface area contributed by atoms with Gasteiger partial charge >= 0.3 is 5.97 Å². The van der Waals surface area contributed by atoms with Crippen LogP contribution < -0.4 is 4.74 Å². The Hall–Kier alpha value is -3.51. The molecule has 0 atom stereocenters. The number of hydrogen-bond donors (Lipinski definition) is 2. The molecule has 0 aliphatic heterocycles. The minimum absolute atomic E-state index is 0.0571. The molecule has 0 unspecified atom stereocenters. The van der Waals surface area contributed by atoms with Crippen LogP contribution in [0.3, 0.4) is 0 Å². The quantitative estimate of drug-likeness (QED) is 0.199. The second kappa shape index (κ2) is 11.0. The molecule has 5 rings (SSSR count). The maximum atomic E-state index is 12.2. The molecule has 186 valence electrons. The molecule has 4 aromatic rings. The number of ether oxygens (including phenoxy) is 2. The fourth-order valence-corrected chi connectivity index (χ4v) is 6.09. The summed E-state index contributed by atoms with van der Waals surface area (Å²) < 4.78 is 12.2. The number of carbonyl (C=O) groups is 1. The van der Waals surface area contributed by atoms with E-state index in [4.69, 9.17) is 9.47 Å². The van der Waals surface area contributed by atoms with Gasteiger partial charge in [-0.2, -0.15) is 0 Å². The number of benzene rings is 3. The highest BCUT2D eigenvalue weighted by Crippen LogP contribution is 2.41. The lowest BCUT2D eigenvalue weighted by atomic mass is 9.89. The molecule has 0 radical (unpaired) electrons. The maximum Gasteiger partial charge on any atom is 0.309 e. The fraction of sp³-hybridized carbons (Fsp3) is 0.300. The number of phenols is 2. The summed E-state index contributed by atoms with van der Waals surface area (Å²) in [5, 5.41) is 20.8. The summed E-state index contributed by atoms with van der Waals surface area (Å²) in [7, 11) is 0. The van der Waals surface area contributed by atoms with Gasteiger partial charge in [0.15, 0.2) is 0 Å². The van der Waals surface area contributed by atoms with Gasteiger partial charge in [-0.25, -0.2) is 0 Å². The smallest absolute Gasteiger partial charge is 0.309 e. The van der Waals surface area contributed by atoms with E-state index in [-0.39, 0.29) is 30.0 Å². The summed E-state index contributed by atoms with van der Waals surface area (Å²) in [6.07, 6.45) is 6.05. The number of esters is 1. The van der Waals surface area contributed by atoms with Gasteiger partial charge in [-0.05, 0) is 95.9 Å². The summed E-state index contributed by atoms with van der Waals surface area (Å²) in [6.45, 7) is 0.599. The topological polar surface area (TPSA) is 76.0 Å². The first-order valence-corrected chi connectivity index (χ1v) is 13.3. The van der Waals surface area contributed by atoms with Gasteiger partial charge in [0.05, 0.1) is 5.92 Å². The Morgan fingerprint density at radius 3 is 2.33 bits per heavy atom. The van der Waals surface area contributed by atoms with E-state index in [1.807, 2.05) is 42.5 Å². The highest BCUT2D eigenvalue weighted by molar-refractivity contribution is 7.22. The van der Waals surface area contributed by atoms with E-state index < -0.39 is 0 Å². The van der Waals surface area contributed by atoms with Crippen molar-refractivity contribution in [3.05, 3.63) is 77.9 Å². The zero-order chi connectivity index (χ0) is 24.9. The maximum absolute atomic E-state index is 12.2. The summed E-state index contributed by atoms with van der Waals surface area (Å²) in [5.41, 5.74) is 3.36. The van der Waals surface area contributed by atoms with E-state index in [1.165, 1.54) is 12.0 Å². The van der Waals surface area contributed by atoms with Gasteiger partial charge < -0.3 is 19.7 Å². The van der Waals surface area contributed by atoms with Crippen LogP contribution >= 0.6 is 11.3 Å². The first kappa shape index (κ1) is 24.2. The fourth-order valence-electron chi connectivity index (χ4n) is 4.83. The van der Waals surface area contributed by atoms with Gasteiger partial charge in [-0.15, -0.1) is 11.3 Å². The molecule has 1 aliphatic carbocycles. The van der Waals surface area contributed by atoms with Crippen LogP contribution in [-0.4, -0.2) is 29.4 Å². The van der Waals surface area contributed by atoms with E-state index in [2.05, 4.69) is 0 Å². The molecule has 1 saturated carbocycles. The largest absolute Gasteiger partial charge is 0.508 e. The third-order valence-electron chi connectivity index (χ3n) is 6.75. The normalized spacial score (nSPS) is 14.1. The molecule has 5 nitrogen and oxygen atoms in total. The van der Waals surface area contributed by atoms with Gasteiger partial charge in [0, 0.05) is 9.58 Å². The second-order valence-electron chi connectivity index (χ2n) is 9.31. The number of phenolic OH excluding ortho intramolecular Hbond substituents is 2. The standard InChI is InChI=1S/C30H30O5S/c31-23-10-8-21(9-11-23)29-27(26-15-12-24(32)19-28(26)36-29)18-20-6-13-25(14-7-20)34-16-17-35-30(33)22-4-2-1-3-5-22/h6-15,19,22,31-32H,1-5,16-18H2. The van der Waals surface area contributed by atoms with Crippen LogP contribution in [0.4, 0.5) is 0 Å². The molecule has 3 aromatic carbocycles. The van der Waals surface area contributed by atoms with Crippen molar-refractivity contribution in [2.45, 2.75) is 38.5 Å². The first-order valence-electron chi connectivity index (χ1n) is 12.5. The number of thiophene rings is 1. The first-order chi connectivity index (χ1) is 17.6. The zero-order valence-electron chi connectivity index (χ0n) is 20.1.